The molecule has 0 aromatic heterocycles. The predicted octanol–water partition coefficient (Wildman–Crippen LogP) is 6.12. The SMILES string of the molecule is CCCCC/C=C\C\C=C/C=C/C=C/C(O)CCCCC. The van der Waals surface area contributed by atoms with Gasteiger partial charge in [-0.05, 0) is 25.7 Å². The quantitative estimate of drug-likeness (QED) is 0.246. The Hall–Kier alpha value is -1.08. The van der Waals surface area contributed by atoms with Crippen molar-refractivity contribution in [2.24, 2.45) is 0 Å². The number of hydrogen-bond acceptors (Lipinski definition) is 1. The van der Waals surface area contributed by atoms with Gasteiger partial charge in [0.25, 0.3) is 0 Å². The van der Waals surface area contributed by atoms with Gasteiger partial charge in [0.05, 0.1) is 6.10 Å². The van der Waals surface area contributed by atoms with E-state index in [9.17, 15) is 5.11 Å². The maximum atomic E-state index is 9.69. The van der Waals surface area contributed by atoms with Crippen molar-refractivity contribution in [1.29, 1.82) is 0 Å². The van der Waals surface area contributed by atoms with Gasteiger partial charge in [0.15, 0.2) is 0 Å². The van der Waals surface area contributed by atoms with E-state index in [-0.39, 0.29) is 6.10 Å². The molecule has 0 spiro atoms. The molecule has 0 amide bonds. The van der Waals surface area contributed by atoms with Crippen molar-refractivity contribution in [3.63, 3.8) is 0 Å². The van der Waals surface area contributed by atoms with E-state index in [1.54, 1.807) is 0 Å². The molecule has 0 aliphatic rings. The third kappa shape index (κ3) is 16.9. The van der Waals surface area contributed by atoms with Gasteiger partial charge in [0.1, 0.15) is 0 Å². The van der Waals surface area contributed by atoms with Gasteiger partial charge in [-0.25, -0.2) is 0 Å². The van der Waals surface area contributed by atoms with E-state index in [1.807, 2.05) is 24.3 Å². The Kier molecular flexibility index (Phi) is 16.1. The molecule has 1 heteroatoms. The summed E-state index contributed by atoms with van der Waals surface area (Å²) in [7, 11) is 0. The molecular formula is C20H34O. The average Bonchev–Trinajstić information content (AvgIpc) is 2.48. The maximum Gasteiger partial charge on any atom is 0.0723 e. The molecule has 1 nitrogen and oxygen atoms in total. The first-order chi connectivity index (χ1) is 10.3. The predicted molar refractivity (Wildman–Crippen MR) is 95.5 cm³/mol. The third-order valence-electron chi connectivity index (χ3n) is 3.32. The minimum atomic E-state index is -0.295. The first-order valence-electron chi connectivity index (χ1n) is 8.64. The van der Waals surface area contributed by atoms with Gasteiger partial charge in [0.2, 0.25) is 0 Å². The monoisotopic (exact) mass is 290 g/mol. The fourth-order valence-electron chi connectivity index (χ4n) is 1.98. The smallest absolute Gasteiger partial charge is 0.0723 e. The fourth-order valence-corrected chi connectivity index (χ4v) is 1.98. The van der Waals surface area contributed by atoms with Gasteiger partial charge in [-0.15, -0.1) is 0 Å². The highest BCUT2D eigenvalue weighted by Gasteiger charge is 1.96. The summed E-state index contributed by atoms with van der Waals surface area (Å²) in [5, 5.41) is 9.69. The summed E-state index contributed by atoms with van der Waals surface area (Å²) >= 11 is 0. The number of aliphatic hydroxyl groups excluding tert-OH is 1. The molecule has 0 aromatic rings. The zero-order valence-corrected chi connectivity index (χ0v) is 14.0. The van der Waals surface area contributed by atoms with E-state index < -0.39 is 0 Å². The molecule has 0 radical (unpaired) electrons. The van der Waals surface area contributed by atoms with Crippen LogP contribution in [0.5, 0.6) is 0 Å². The Morgan fingerprint density at radius 3 is 2.24 bits per heavy atom. The van der Waals surface area contributed by atoms with E-state index in [1.165, 1.54) is 38.5 Å². The second kappa shape index (κ2) is 17.0. The first kappa shape index (κ1) is 19.9. The first-order valence-corrected chi connectivity index (χ1v) is 8.64. The maximum absolute atomic E-state index is 9.69. The second-order valence-electron chi connectivity index (χ2n) is 5.46. The van der Waals surface area contributed by atoms with Crippen LogP contribution < -0.4 is 0 Å². The second-order valence-corrected chi connectivity index (χ2v) is 5.46. The van der Waals surface area contributed by atoms with Gasteiger partial charge < -0.3 is 5.11 Å². The van der Waals surface area contributed by atoms with E-state index in [0.717, 1.165) is 19.3 Å². The molecule has 0 fully saturated rings. The van der Waals surface area contributed by atoms with E-state index in [2.05, 4.69) is 38.2 Å². The molecule has 1 unspecified atom stereocenters. The van der Waals surface area contributed by atoms with Crippen LogP contribution in [0.2, 0.25) is 0 Å². The summed E-state index contributed by atoms with van der Waals surface area (Å²) in [6.07, 6.45) is 26.7. The van der Waals surface area contributed by atoms with Crippen LogP contribution in [0.15, 0.2) is 48.6 Å². The molecule has 0 saturated heterocycles. The van der Waals surface area contributed by atoms with E-state index in [4.69, 9.17) is 0 Å². The Labute approximate surface area is 132 Å². The number of aliphatic hydroxyl groups is 1. The van der Waals surface area contributed by atoms with Crippen molar-refractivity contribution in [2.45, 2.75) is 77.7 Å². The Bertz CT molecular complexity index is 310. The standard InChI is InChI=1S/C20H34O/c1-3-5-7-8-9-10-11-12-13-14-15-17-19-20(21)18-16-6-4-2/h9-10,12-15,17,19-21H,3-8,11,16,18H2,1-2H3/b10-9-,13-12-,15-14+,19-17+. The Morgan fingerprint density at radius 2 is 1.48 bits per heavy atom. The number of unbranched alkanes of at least 4 members (excludes halogenated alkanes) is 5. The van der Waals surface area contributed by atoms with Gasteiger partial charge in [-0.3, -0.25) is 0 Å². The molecule has 1 atom stereocenters. The lowest BCUT2D eigenvalue weighted by Crippen LogP contribution is -2.00. The molecule has 0 heterocycles. The van der Waals surface area contributed by atoms with Crippen LogP contribution in [0.1, 0.15) is 71.6 Å². The van der Waals surface area contributed by atoms with Crippen molar-refractivity contribution < 1.29 is 5.11 Å². The number of allylic oxidation sites excluding steroid dienone is 7. The molecule has 0 bridgehead atoms. The van der Waals surface area contributed by atoms with Gasteiger partial charge >= 0.3 is 0 Å². The zero-order valence-electron chi connectivity index (χ0n) is 14.0. The van der Waals surface area contributed by atoms with Crippen LogP contribution >= 0.6 is 0 Å². The highest BCUT2D eigenvalue weighted by Crippen LogP contribution is 2.04. The summed E-state index contributed by atoms with van der Waals surface area (Å²) in [5.41, 5.74) is 0. The van der Waals surface area contributed by atoms with Crippen LogP contribution in [0.4, 0.5) is 0 Å². The molecule has 0 rings (SSSR count). The average molecular weight is 290 g/mol. The Balaban J connectivity index is 3.58. The van der Waals surface area contributed by atoms with Crippen LogP contribution in [-0.4, -0.2) is 11.2 Å². The highest BCUT2D eigenvalue weighted by molar-refractivity contribution is 5.12. The summed E-state index contributed by atoms with van der Waals surface area (Å²) < 4.78 is 0. The number of hydrogen-bond donors (Lipinski definition) is 1. The lowest BCUT2D eigenvalue weighted by molar-refractivity contribution is 0.208. The van der Waals surface area contributed by atoms with Crippen molar-refractivity contribution in [3.05, 3.63) is 48.6 Å². The highest BCUT2D eigenvalue weighted by atomic mass is 16.3. The molecule has 0 aliphatic heterocycles. The minimum absolute atomic E-state index is 0.295. The fraction of sp³-hybridized carbons (Fsp3) is 0.600. The third-order valence-corrected chi connectivity index (χ3v) is 3.32. The molecule has 21 heavy (non-hydrogen) atoms. The molecule has 0 saturated carbocycles. The molecule has 1 N–H and O–H groups in total. The van der Waals surface area contributed by atoms with Crippen LogP contribution in [-0.2, 0) is 0 Å². The minimum Gasteiger partial charge on any atom is -0.389 e. The molecule has 0 aromatic carbocycles. The summed E-state index contributed by atoms with van der Waals surface area (Å²) in [4.78, 5) is 0. The summed E-state index contributed by atoms with van der Waals surface area (Å²) in [6, 6.07) is 0. The normalized spacial score (nSPS) is 14.2. The van der Waals surface area contributed by atoms with Crippen molar-refractivity contribution in [2.75, 3.05) is 0 Å². The lowest BCUT2D eigenvalue weighted by Gasteiger charge is -2.02. The topological polar surface area (TPSA) is 20.2 Å². The molecule has 0 aliphatic carbocycles. The Morgan fingerprint density at radius 1 is 0.762 bits per heavy atom. The van der Waals surface area contributed by atoms with Gasteiger partial charge in [0, 0.05) is 0 Å². The van der Waals surface area contributed by atoms with Crippen LogP contribution in [0, 0.1) is 0 Å². The van der Waals surface area contributed by atoms with E-state index in [0.29, 0.717) is 0 Å². The molecule has 120 valence electrons. The van der Waals surface area contributed by atoms with E-state index >= 15 is 0 Å². The van der Waals surface area contributed by atoms with Crippen molar-refractivity contribution >= 4 is 0 Å². The van der Waals surface area contributed by atoms with Gasteiger partial charge in [-0.2, -0.15) is 0 Å². The van der Waals surface area contributed by atoms with Crippen LogP contribution in [0.25, 0.3) is 0 Å². The lowest BCUT2D eigenvalue weighted by atomic mass is 10.1. The zero-order chi connectivity index (χ0) is 15.6. The largest absolute Gasteiger partial charge is 0.389 e. The molecular weight excluding hydrogens is 256 g/mol. The summed E-state index contributed by atoms with van der Waals surface area (Å²) in [6.45, 7) is 4.41. The van der Waals surface area contributed by atoms with Crippen LogP contribution in [0.3, 0.4) is 0 Å². The van der Waals surface area contributed by atoms with Gasteiger partial charge in [-0.1, -0.05) is 94.6 Å². The van der Waals surface area contributed by atoms with Crippen molar-refractivity contribution in [3.8, 4) is 0 Å². The number of rotatable bonds is 13. The summed E-state index contributed by atoms with van der Waals surface area (Å²) in [5.74, 6) is 0. The van der Waals surface area contributed by atoms with Crippen molar-refractivity contribution in [1.82, 2.24) is 0 Å².